The van der Waals surface area contributed by atoms with E-state index in [4.69, 9.17) is 9.52 Å². The van der Waals surface area contributed by atoms with Gasteiger partial charge in [0, 0.05) is 12.6 Å². The predicted octanol–water partition coefficient (Wildman–Crippen LogP) is 1.31. The van der Waals surface area contributed by atoms with Gasteiger partial charge >= 0.3 is 11.9 Å². The lowest BCUT2D eigenvalue weighted by Gasteiger charge is -2.19. The van der Waals surface area contributed by atoms with E-state index < -0.39 is 34.3 Å². The fourth-order valence-corrected chi connectivity index (χ4v) is 3.89. The Kier molecular flexibility index (Phi) is 5.93. The van der Waals surface area contributed by atoms with Crippen LogP contribution in [0.4, 0.5) is 0 Å². The normalized spacial score (nSPS) is 11.6. The van der Waals surface area contributed by atoms with Gasteiger partial charge in [0.05, 0.1) is 7.11 Å². The van der Waals surface area contributed by atoms with Crippen molar-refractivity contribution >= 4 is 37.9 Å². The molecule has 0 aliphatic carbocycles. The Labute approximate surface area is 129 Å². The maximum Gasteiger partial charge on any atom is 0.371 e. The zero-order valence-corrected chi connectivity index (χ0v) is 13.7. The highest BCUT2D eigenvalue weighted by Gasteiger charge is 2.31. The number of carboxylic acid groups (broad SMARTS) is 1. The SMILES string of the molecule is CCCN(CC(=O)OC)S(=O)(=O)c1cc(C(=O)O)oc1Br. The van der Waals surface area contributed by atoms with Crippen LogP contribution in [0.5, 0.6) is 0 Å². The number of carbonyl (C=O) groups is 2. The zero-order chi connectivity index (χ0) is 16.2. The van der Waals surface area contributed by atoms with E-state index in [1.54, 1.807) is 6.92 Å². The van der Waals surface area contributed by atoms with Crippen molar-refractivity contribution in [2.24, 2.45) is 0 Å². The van der Waals surface area contributed by atoms with Crippen LogP contribution in [-0.4, -0.2) is 50.0 Å². The summed E-state index contributed by atoms with van der Waals surface area (Å²) < 4.78 is 34.9. The topological polar surface area (TPSA) is 114 Å². The van der Waals surface area contributed by atoms with E-state index in [1.807, 2.05) is 0 Å². The number of furan rings is 1. The number of sulfonamides is 1. The lowest BCUT2D eigenvalue weighted by atomic mass is 10.5. The molecule has 1 heterocycles. The van der Waals surface area contributed by atoms with Crippen molar-refractivity contribution in [2.45, 2.75) is 18.2 Å². The number of ether oxygens (including phenoxy) is 1. The zero-order valence-electron chi connectivity index (χ0n) is 11.3. The maximum absolute atomic E-state index is 12.5. The number of carbonyl (C=O) groups excluding carboxylic acids is 1. The van der Waals surface area contributed by atoms with Crippen LogP contribution in [0.3, 0.4) is 0 Å². The molecule has 0 aromatic carbocycles. The minimum atomic E-state index is -4.08. The van der Waals surface area contributed by atoms with Gasteiger partial charge in [0.2, 0.25) is 15.8 Å². The molecule has 21 heavy (non-hydrogen) atoms. The van der Waals surface area contributed by atoms with E-state index in [1.165, 1.54) is 0 Å². The summed E-state index contributed by atoms with van der Waals surface area (Å²) in [5.74, 6) is -2.63. The third-order valence-electron chi connectivity index (χ3n) is 2.49. The summed E-state index contributed by atoms with van der Waals surface area (Å²) in [6.45, 7) is 1.36. The van der Waals surface area contributed by atoms with Crippen molar-refractivity contribution < 1.29 is 32.3 Å². The lowest BCUT2D eigenvalue weighted by Crippen LogP contribution is -2.36. The monoisotopic (exact) mass is 383 g/mol. The first-order valence-corrected chi connectivity index (χ1v) is 8.07. The first-order chi connectivity index (χ1) is 9.73. The Bertz CT molecular complexity index is 637. The average Bonchev–Trinajstić information content (AvgIpc) is 2.81. The highest BCUT2D eigenvalue weighted by Crippen LogP contribution is 2.29. The maximum atomic E-state index is 12.5. The molecule has 0 saturated heterocycles. The number of methoxy groups -OCH3 is 1. The lowest BCUT2D eigenvalue weighted by molar-refractivity contribution is -0.140. The molecule has 1 aromatic heterocycles. The highest BCUT2D eigenvalue weighted by molar-refractivity contribution is 9.10. The Morgan fingerprint density at radius 2 is 2.10 bits per heavy atom. The Morgan fingerprint density at radius 3 is 2.52 bits per heavy atom. The van der Waals surface area contributed by atoms with Crippen molar-refractivity contribution in [1.82, 2.24) is 4.31 Å². The standard InChI is InChI=1S/C11H14BrNO7S/c1-3-4-13(6-9(14)19-2)21(17,18)8-5-7(11(15)16)20-10(8)12/h5H,3-4,6H2,1-2H3,(H,15,16). The summed E-state index contributed by atoms with van der Waals surface area (Å²) in [5, 5.41) is 8.82. The molecule has 0 fully saturated rings. The van der Waals surface area contributed by atoms with Crippen LogP contribution in [0.15, 0.2) is 20.0 Å². The highest BCUT2D eigenvalue weighted by atomic mass is 79.9. The summed E-state index contributed by atoms with van der Waals surface area (Å²) in [6.07, 6.45) is 0.470. The quantitative estimate of drug-likeness (QED) is 0.705. The van der Waals surface area contributed by atoms with E-state index in [2.05, 4.69) is 20.7 Å². The summed E-state index contributed by atoms with van der Waals surface area (Å²) in [5.41, 5.74) is 0. The molecule has 0 unspecified atom stereocenters. The van der Waals surface area contributed by atoms with E-state index in [-0.39, 0.29) is 16.1 Å². The second-order valence-electron chi connectivity index (χ2n) is 3.97. The number of carboxylic acids is 1. The van der Waals surface area contributed by atoms with E-state index in [0.717, 1.165) is 17.5 Å². The molecule has 1 N–H and O–H groups in total. The third kappa shape index (κ3) is 4.05. The number of hydrogen-bond acceptors (Lipinski definition) is 6. The molecule has 0 bridgehead atoms. The van der Waals surface area contributed by atoms with Crippen LogP contribution in [-0.2, 0) is 19.6 Å². The van der Waals surface area contributed by atoms with Gasteiger partial charge in [-0.1, -0.05) is 6.92 Å². The number of rotatable bonds is 7. The summed E-state index contributed by atoms with van der Waals surface area (Å²) in [6, 6.07) is 0.891. The van der Waals surface area contributed by atoms with Crippen LogP contribution >= 0.6 is 15.9 Å². The van der Waals surface area contributed by atoms with Crippen LogP contribution in [0.2, 0.25) is 0 Å². The van der Waals surface area contributed by atoms with Gasteiger partial charge in [0.25, 0.3) is 0 Å². The largest absolute Gasteiger partial charge is 0.475 e. The van der Waals surface area contributed by atoms with E-state index in [0.29, 0.717) is 6.42 Å². The molecule has 8 nitrogen and oxygen atoms in total. The first kappa shape index (κ1) is 17.7. The number of hydrogen-bond donors (Lipinski definition) is 1. The van der Waals surface area contributed by atoms with Crippen molar-refractivity contribution in [3.8, 4) is 0 Å². The molecule has 0 saturated carbocycles. The number of aromatic carboxylic acids is 1. The molecular formula is C11H14BrNO7S. The number of esters is 1. The minimum absolute atomic E-state index is 0.0808. The summed E-state index contributed by atoms with van der Waals surface area (Å²) >= 11 is 2.87. The van der Waals surface area contributed by atoms with Crippen LogP contribution in [0.1, 0.15) is 23.9 Å². The van der Waals surface area contributed by atoms with Gasteiger partial charge in [0.15, 0.2) is 4.67 Å². The molecule has 0 aliphatic rings. The molecule has 0 amide bonds. The molecule has 0 radical (unpaired) electrons. The smallest absolute Gasteiger partial charge is 0.371 e. The second-order valence-corrected chi connectivity index (χ2v) is 6.60. The predicted molar refractivity (Wildman–Crippen MR) is 74.4 cm³/mol. The van der Waals surface area contributed by atoms with E-state index >= 15 is 0 Å². The molecule has 0 spiro atoms. The Balaban J connectivity index is 3.22. The van der Waals surface area contributed by atoms with Gasteiger partial charge in [0.1, 0.15) is 11.4 Å². The van der Waals surface area contributed by atoms with Crippen LogP contribution in [0, 0.1) is 0 Å². The molecule has 0 aliphatic heterocycles. The van der Waals surface area contributed by atoms with Crippen LogP contribution in [0.25, 0.3) is 0 Å². The van der Waals surface area contributed by atoms with Gasteiger partial charge in [-0.3, -0.25) is 4.79 Å². The third-order valence-corrected chi connectivity index (χ3v) is 5.19. The molecule has 1 rings (SSSR count). The van der Waals surface area contributed by atoms with E-state index in [9.17, 15) is 18.0 Å². The number of halogens is 1. The second kappa shape index (κ2) is 7.05. The van der Waals surface area contributed by atoms with Gasteiger partial charge in [-0.15, -0.1) is 0 Å². The first-order valence-electron chi connectivity index (χ1n) is 5.83. The van der Waals surface area contributed by atoms with Crippen molar-refractivity contribution in [1.29, 1.82) is 0 Å². The van der Waals surface area contributed by atoms with Crippen molar-refractivity contribution in [3.05, 3.63) is 16.5 Å². The van der Waals surface area contributed by atoms with Crippen LogP contribution < -0.4 is 0 Å². The van der Waals surface area contributed by atoms with Gasteiger partial charge in [-0.2, -0.15) is 4.31 Å². The minimum Gasteiger partial charge on any atom is -0.475 e. The average molecular weight is 384 g/mol. The molecule has 0 atom stereocenters. The molecule has 118 valence electrons. The Morgan fingerprint density at radius 1 is 1.48 bits per heavy atom. The van der Waals surface area contributed by atoms with Gasteiger partial charge < -0.3 is 14.3 Å². The fourth-order valence-electron chi connectivity index (χ4n) is 1.51. The van der Waals surface area contributed by atoms with Gasteiger partial charge in [-0.25, -0.2) is 13.2 Å². The summed E-state index contributed by atoms with van der Waals surface area (Å²) in [4.78, 5) is 21.8. The summed E-state index contributed by atoms with van der Waals surface area (Å²) in [7, 11) is -2.94. The van der Waals surface area contributed by atoms with Crippen molar-refractivity contribution in [3.63, 3.8) is 0 Å². The number of nitrogens with zero attached hydrogens (tertiary/aromatic N) is 1. The molecular weight excluding hydrogens is 370 g/mol. The fraction of sp³-hybridized carbons (Fsp3) is 0.455. The molecule has 10 heteroatoms. The Hall–Kier alpha value is -1.39. The molecule has 1 aromatic rings. The van der Waals surface area contributed by atoms with Gasteiger partial charge in [-0.05, 0) is 22.4 Å². The van der Waals surface area contributed by atoms with Crippen molar-refractivity contribution in [2.75, 3.05) is 20.2 Å².